The highest BCUT2D eigenvalue weighted by molar-refractivity contribution is 8.00. The van der Waals surface area contributed by atoms with E-state index in [4.69, 9.17) is 4.74 Å². The highest BCUT2D eigenvalue weighted by Crippen LogP contribution is 2.28. The number of rotatable bonds is 8. The maximum Gasteiger partial charge on any atom is 0.237 e. The Kier molecular flexibility index (Phi) is 6.31. The monoisotopic (exact) mass is 451 g/mol. The summed E-state index contributed by atoms with van der Waals surface area (Å²) < 4.78 is 11.1. The minimum absolute atomic E-state index is 0.461. The summed E-state index contributed by atoms with van der Waals surface area (Å²) >= 11 is 1.41. The van der Waals surface area contributed by atoms with Gasteiger partial charge in [-0.2, -0.15) is 10.1 Å². The molecule has 0 fully saturated rings. The van der Waals surface area contributed by atoms with Crippen LogP contribution in [0, 0.1) is 0 Å². The summed E-state index contributed by atoms with van der Waals surface area (Å²) in [7, 11) is 0. The summed E-state index contributed by atoms with van der Waals surface area (Å²) in [5, 5.41) is 4.45. The van der Waals surface area contributed by atoms with Crippen LogP contribution in [0.1, 0.15) is 5.56 Å². The Morgan fingerprint density at radius 2 is 1.52 bits per heavy atom. The van der Waals surface area contributed by atoms with Crippen LogP contribution in [0.3, 0.4) is 0 Å². The van der Waals surface area contributed by atoms with Crippen LogP contribution in [-0.4, -0.2) is 19.7 Å². The Hall–Kier alpha value is -4.10. The molecule has 0 aliphatic rings. The number of benzene rings is 3. The second-order valence-electron chi connectivity index (χ2n) is 7.26. The molecule has 0 atom stereocenters. The fourth-order valence-electron chi connectivity index (χ4n) is 3.25. The number of aromatic nitrogens is 4. The van der Waals surface area contributed by atoms with Crippen LogP contribution in [0.4, 0.5) is 5.95 Å². The summed E-state index contributed by atoms with van der Waals surface area (Å²) in [6, 6.07) is 31.7. The van der Waals surface area contributed by atoms with Gasteiger partial charge in [0.05, 0.1) is 23.3 Å². The fraction of sp³-hybridized carbons (Fsp3) is 0.0385. The molecule has 0 aliphatic carbocycles. The molecular formula is C26H21N5OS. The summed E-state index contributed by atoms with van der Waals surface area (Å²) in [6.45, 7) is 0.719. The smallest absolute Gasteiger partial charge is 0.237 e. The summed E-state index contributed by atoms with van der Waals surface area (Å²) in [5.74, 6) is 1.65. The van der Waals surface area contributed by atoms with E-state index in [9.17, 15) is 0 Å². The summed E-state index contributed by atoms with van der Waals surface area (Å²) in [6.07, 6.45) is 3.82. The first-order valence-corrected chi connectivity index (χ1v) is 11.3. The van der Waals surface area contributed by atoms with E-state index >= 15 is 0 Å². The van der Waals surface area contributed by atoms with Crippen molar-refractivity contribution in [3.05, 3.63) is 115 Å². The van der Waals surface area contributed by atoms with Crippen LogP contribution >= 0.6 is 11.9 Å². The van der Waals surface area contributed by atoms with E-state index in [-0.39, 0.29) is 0 Å². The molecule has 1 N–H and O–H groups in total. The number of nitrogens with one attached hydrogen (secondary N) is 1. The molecule has 6 nitrogen and oxygen atoms in total. The van der Waals surface area contributed by atoms with Gasteiger partial charge in [-0.15, -0.1) is 0 Å². The van der Waals surface area contributed by atoms with E-state index in [0.717, 1.165) is 28.4 Å². The Balaban J connectivity index is 1.34. The highest BCUT2D eigenvalue weighted by atomic mass is 32.2. The lowest BCUT2D eigenvalue weighted by atomic mass is 10.1. The predicted octanol–water partition coefficient (Wildman–Crippen LogP) is 6.30. The molecule has 0 unspecified atom stereocenters. The average molecular weight is 452 g/mol. The van der Waals surface area contributed by atoms with Crippen molar-refractivity contribution in [2.24, 2.45) is 0 Å². The number of hydrogen-bond donors (Lipinski definition) is 1. The van der Waals surface area contributed by atoms with Crippen molar-refractivity contribution in [3.63, 3.8) is 0 Å². The molecule has 5 aromatic rings. The first kappa shape index (κ1) is 20.8. The molecule has 33 heavy (non-hydrogen) atoms. The van der Waals surface area contributed by atoms with Crippen molar-refractivity contribution in [3.8, 4) is 22.9 Å². The van der Waals surface area contributed by atoms with Crippen LogP contribution in [0.2, 0.25) is 0 Å². The van der Waals surface area contributed by atoms with Gasteiger partial charge in [0.2, 0.25) is 11.8 Å². The molecule has 0 aliphatic heterocycles. The second-order valence-corrected chi connectivity index (χ2v) is 8.14. The SMILES string of the molecule is c1ccc(Cn2cc(SNc3nc(Oc4ccccc4)cc(-c4ccccc4)n3)cn2)cc1. The van der Waals surface area contributed by atoms with Crippen LogP contribution in [0.15, 0.2) is 114 Å². The third kappa shape index (κ3) is 5.58. The van der Waals surface area contributed by atoms with Gasteiger partial charge in [-0.1, -0.05) is 78.9 Å². The number of anilines is 1. The zero-order valence-electron chi connectivity index (χ0n) is 17.7. The van der Waals surface area contributed by atoms with Crippen molar-refractivity contribution in [1.82, 2.24) is 19.7 Å². The second kappa shape index (κ2) is 10.0. The highest BCUT2D eigenvalue weighted by Gasteiger charge is 2.10. The molecule has 0 amide bonds. The first-order valence-electron chi connectivity index (χ1n) is 10.5. The molecule has 0 saturated carbocycles. The van der Waals surface area contributed by atoms with Gasteiger partial charge < -0.3 is 4.74 Å². The fourth-order valence-corrected chi connectivity index (χ4v) is 3.82. The first-order chi connectivity index (χ1) is 16.3. The summed E-state index contributed by atoms with van der Waals surface area (Å²) in [4.78, 5) is 10.2. The minimum atomic E-state index is 0.461. The van der Waals surface area contributed by atoms with Gasteiger partial charge in [-0.05, 0) is 29.6 Å². The zero-order valence-corrected chi connectivity index (χ0v) is 18.5. The van der Waals surface area contributed by atoms with Gasteiger partial charge in [0.15, 0.2) is 0 Å². The van der Waals surface area contributed by atoms with Gasteiger partial charge in [-0.3, -0.25) is 9.40 Å². The molecule has 0 radical (unpaired) electrons. The topological polar surface area (TPSA) is 64.9 Å². The normalized spacial score (nSPS) is 10.7. The number of ether oxygens (including phenoxy) is 1. The molecule has 0 spiro atoms. The van der Waals surface area contributed by atoms with E-state index < -0.39 is 0 Å². The lowest BCUT2D eigenvalue weighted by Crippen LogP contribution is -2.00. The lowest BCUT2D eigenvalue weighted by Gasteiger charge is -2.10. The van der Waals surface area contributed by atoms with E-state index in [0.29, 0.717) is 11.8 Å². The standard InChI is InChI=1S/C26H21N5OS/c1-4-10-20(11-5-1)18-31-19-23(17-27-31)33-30-26-28-24(21-12-6-2-7-13-21)16-25(29-26)32-22-14-8-3-9-15-22/h1-17,19H,18H2,(H,28,29,30). The number of hydrogen-bond acceptors (Lipinski definition) is 6. The predicted molar refractivity (Wildman–Crippen MR) is 131 cm³/mol. The number of para-hydroxylation sites is 1. The van der Waals surface area contributed by atoms with Crippen LogP contribution in [0.25, 0.3) is 11.3 Å². The summed E-state index contributed by atoms with van der Waals surface area (Å²) in [5.41, 5.74) is 2.97. The van der Waals surface area contributed by atoms with Crippen molar-refractivity contribution in [2.45, 2.75) is 11.4 Å². The Morgan fingerprint density at radius 3 is 2.27 bits per heavy atom. The van der Waals surface area contributed by atoms with Gasteiger partial charge in [0.25, 0.3) is 0 Å². The van der Waals surface area contributed by atoms with Crippen molar-refractivity contribution < 1.29 is 4.74 Å². The van der Waals surface area contributed by atoms with E-state index in [1.165, 1.54) is 17.5 Å². The van der Waals surface area contributed by atoms with Gasteiger partial charge in [0, 0.05) is 17.8 Å². The Bertz CT molecular complexity index is 1310. The van der Waals surface area contributed by atoms with E-state index in [1.54, 1.807) is 0 Å². The van der Waals surface area contributed by atoms with Gasteiger partial charge in [0.1, 0.15) is 5.75 Å². The molecule has 7 heteroatoms. The van der Waals surface area contributed by atoms with Crippen molar-refractivity contribution >= 4 is 17.9 Å². The molecule has 162 valence electrons. The van der Waals surface area contributed by atoms with Crippen LogP contribution < -0.4 is 9.46 Å². The largest absolute Gasteiger partial charge is 0.439 e. The Labute approximate surface area is 196 Å². The molecule has 0 saturated heterocycles. The lowest BCUT2D eigenvalue weighted by molar-refractivity contribution is 0.463. The van der Waals surface area contributed by atoms with Crippen LogP contribution in [-0.2, 0) is 6.54 Å². The Morgan fingerprint density at radius 1 is 0.818 bits per heavy atom. The van der Waals surface area contributed by atoms with Crippen molar-refractivity contribution in [2.75, 3.05) is 4.72 Å². The van der Waals surface area contributed by atoms with Crippen LogP contribution in [0.5, 0.6) is 11.6 Å². The average Bonchev–Trinajstić information content (AvgIpc) is 3.32. The van der Waals surface area contributed by atoms with Gasteiger partial charge in [-0.25, -0.2) is 4.98 Å². The quantitative estimate of drug-likeness (QED) is 0.279. The molecule has 3 aromatic carbocycles. The molecule has 2 heterocycles. The number of nitrogens with zero attached hydrogens (tertiary/aromatic N) is 4. The van der Waals surface area contributed by atoms with E-state index in [1.807, 2.05) is 102 Å². The van der Waals surface area contributed by atoms with E-state index in [2.05, 4.69) is 31.9 Å². The minimum Gasteiger partial charge on any atom is -0.439 e. The molecule has 2 aromatic heterocycles. The molecule has 5 rings (SSSR count). The van der Waals surface area contributed by atoms with Gasteiger partial charge >= 0.3 is 0 Å². The zero-order chi connectivity index (χ0) is 22.3. The third-order valence-electron chi connectivity index (χ3n) is 4.79. The third-order valence-corrected chi connectivity index (χ3v) is 5.53. The maximum atomic E-state index is 5.99. The maximum absolute atomic E-state index is 5.99. The molecule has 0 bridgehead atoms. The van der Waals surface area contributed by atoms with Crippen molar-refractivity contribution in [1.29, 1.82) is 0 Å². The molecular weight excluding hydrogens is 430 g/mol.